The predicted octanol–water partition coefficient (Wildman–Crippen LogP) is 0.113. The van der Waals surface area contributed by atoms with E-state index in [0.717, 1.165) is 4.73 Å². The van der Waals surface area contributed by atoms with Crippen LogP contribution >= 0.6 is 0 Å². The molecule has 0 saturated heterocycles. The lowest BCUT2D eigenvalue weighted by Crippen LogP contribution is -2.42. The van der Waals surface area contributed by atoms with Crippen molar-refractivity contribution in [2.24, 2.45) is 0 Å². The Morgan fingerprint density at radius 3 is 2.18 bits per heavy atom. The van der Waals surface area contributed by atoms with Gasteiger partial charge < -0.3 is 9.16 Å². The van der Waals surface area contributed by atoms with Crippen LogP contribution in [-0.2, 0) is 14.0 Å². The standard InChI is InChI=1S/C5H13NO4Si/c1-8-5(7)6(9-2)11(4)10-3/h11H,1-4H3. The Bertz CT molecular complexity index is 132. The Morgan fingerprint density at radius 1 is 1.36 bits per heavy atom. The van der Waals surface area contributed by atoms with Gasteiger partial charge in [0.2, 0.25) is 0 Å². The Kier molecular flexibility index (Phi) is 4.83. The summed E-state index contributed by atoms with van der Waals surface area (Å²) in [5.41, 5.74) is 0. The lowest BCUT2D eigenvalue weighted by molar-refractivity contribution is -0.0535. The topological polar surface area (TPSA) is 48.0 Å². The highest BCUT2D eigenvalue weighted by Gasteiger charge is 2.22. The molecular formula is C5H13NO4Si. The first-order valence-corrected chi connectivity index (χ1v) is 5.25. The van der Waals surface area contributed by atoms with Gasteiger partial charge >= 0.3 is 15.3 Å². The molecule has 1 atom stereocenters. The van der Waals surface area contributed by atoms with Crippen molar-refractivity contribution in [2.45, 2.75) is 6.55 Å². The van der Waals surface area contributed by atoms with E-state index in [1.54, 1.807) is 6.55 Å². The van der Waals surface area contributed by atoms with Gasteiger partial charge in [-0.25, -0.2) is 4.79 Å². The molecule has 0 aromatic heterocycles. The molecule has 0 aliphatic carbocycles. The van der Waals surface area contributed by atoms with Crippen LogP contribution in [0.2, 0.25) is 6.55 Å². The van der Waals surface area contributed by atoms with Crippen LogP contribution in [0.25, 0.3) is 0 Å². The summed E-state index contributed by atoms with van der Waals surface area (Å²) in [6.07, 6.45) is -0.520. The number of hydrogen-bond donors (Lipinski definition) is 0. The third-order valence-corrected chi connectivity index (χ3v) is 2.99. The van der Waals surface area contributed by atoms with E-state index >= 15 is 0 Å². The largest absolute Gasteiger partial charge is 0.452 e. The number of hydroxylamine groups is 1. The van der Waals surface area contributed by atoms with E-state index in [-0.39, 0.29) is 0 Å². The second kappa shape index (κ2) is 5.11. The normalized spacial score (nSPS) is 12.4. The van der Waals surface area contributed by atoms with Crippen LogP contribution in [0.15, 0.2) is 0 Å². The molecule has 5 nitrogen and oxygen atoms in total. The Balaban J connectivity index is 4.03. The minimum Gasteiger partial charge on any atom is -0.452 e. The summed E-state index contributed by atoms with van der Waals surface area (Å²) in [6.45, 7) is 1.81. The lowest BCUT2D eigenvalue weighted by atomic mass is 11.2. The molecule has 6 heteroatoms. The zero-order valence-corrected chi connectivity index (χ0v) is 8.31. The number of ether oxygens (including phenoxy) is 1. The van der Waals surface area contributed by atoms with Crippen molar-refractivity contribution in [3.8, 4) is 0 Å². The molecule has 0 rings (SSSR count). The molecule has 11 heavy (non-hydrogen) atoms. The van der Waals surface area contributed by atoms with Crippen molar-refractivity contribution in [3.63, 3.8) is 0 Å². The maximum atomic E-state index is 10.9. The molecule has 1 amide bonds. The first-order valence-electron chi connectivity index (χ1n) is 3.11. The van der Waals surface area contributed by atoms with Crippen molar-refractivity contribution < 1.29 is 18.8 Å². The molecule has 0 aliphatic heterocycles. The Morgan fingerprint density at radius 2 is 1.91 bits per heavy atom. The maximum absolute atomic E-state index is 10.9. The van der Waals surface area contributed by atoms with Gasteiger partial charge in [0, 0.05) is 7.11 Å². The number of carbonyl (C=O) groups is 1. The number of amides is 1. The van der Waals surface area contributed by atoms with Gasteiger partial charge in [-0.3, -0.25) is 4.84 Å². The fourth-order valence-electron chi connectivity index (χ4n) is 0.557. The highest BCUT2D eigenvalue weighted by Crippen LogP contribution is 1.98. The van der Waals surface area contributed by atoms with Crippen molar-refractivity contribution in [1.29, 1.82) is 0 Å². The number of carbonyl (C=O) groups excluding carboxylic acids is 1. The van der Waals surface area contributed by atoms with E-state index in [1.165, 1.54) is 21.3 Å². The van der Waals surface area contributed by atoms with Crippen LogP contribution in [0.5, 0.6) is 0 Å². The maximum Gasteiger partial charge on any atom is 0.427 e. The fourth-order valence-corrected chi connectivity index (χ4v) is 1.45. The zero-order chi connectivity index (χ0) is 8.85. The minimum absolute atomic E-state index is 0.520. The predicted molar refractivity (Wildman–Crippen MR) is 41.3 cm³/mol. The van der Waals surface area contributed by atoms with Gasteiger partial charge in [-0.05, 0) is 6.55 Å². The first kappa shape index (κ1) is 10.4. The van der Waals surface area contributed by atoms with Crippen molar-refractivity contribution in [3.05, 3.63) is 0 Å². The molecule has 0 bridgehead atoms. The van der Waals surface area contributed by atoms with Gasteiger partial charge in [0.25, 0.3) is 0 Å². The average molecular weight is 179 g/mol. The zero-order valence-electron chi connectivity index (χ0n) is 7.16. The fraction of sp³-hybridized carbons (Fsp3) is 0.800. The molecule has 0 N–H and O–H groups in total. The quantitative estimate of drug-likeness (QED) is 0.456. The van der Waals surface area contributed by atoms with Crippen LogP contribution < -0.4 is 0 Å². The van der Waals surface area contributed by atoms with Crippen molar-refractivity contribution in [1.82, 2.24) is 4.73 Å². The third kappa shape index (κ3) is 2.87. The van der Waals surface area contributed by atoms with E-state index < -0.39 is 15.3 Å². The third-order valence-electron chi connectivity index (χ3n) is 1.22. The molecule has 0 aromatic carbocycles. The highest BCUT2D eigenvalue weighted by atomic mass is 28.3. The van der Waals surface area contributed by atoms with Gasteiger partial charge in [0.05, 0.1) is 14.2 Å². The van der Waals surface area contributed by atoms with Gasteiger partial charge in [-0.1, -0.05) is 0 Å². The second-order valence-electron chi connectivity index (χ2n) is 1.81. The summed E-state index contributed by atoms with van der Waals surface area (Å²) < 4.78 is 10.5. The number of hydrogen-bond acceptors (Lipinski definition) is 4. The SMILES string of the molecule is COC(=O)N(OC)[SiH](C)OC. The summed E-state index contributed by atoms with van der Waals surface area (Å²) >= 11 is 0. The van der Waals surface area contributed by atoms with Crippen LogP contribution in [-0.4, -0.2) is 41.4 Å². The summed E-state index contributed by atoms with van der Waals surface area (Å²) in [6, 6.07) is 0. The second-order valence-corrected chi connectivity index (χ2v) is 3.95. The van der Waals surface area contributed by atoms with Crippen LogP contribution in [0.1, 0.15) is 0 Å². The van der Waals surface area contributed by atoms with Crippen LogP contribution in [0.3, 0.4) is 0 Å². The first-order chi connectivity index (χ1) is 5.17. The van der Waals surface area contributed by atoms with E-state index in [2.05, 4.69) is 4.74 Å². The molecule has 0 aliphatic rings. The molecule has 66 valence electrons. The van der Waals surface area contributed by atoms with Gasteiger partial charge in [0.1, 0.15) is 0 Å². The van der Waals surface area contributed by atoms with Crippen molar-refractivity contribution >= 4 is 15.3 Å². The van der Waals surface area contributed by atoms with E-state index in [4.69, 9.17) is 9.26 Å². The summed E-state index contributed by atoms with van der Waals surface area (Å²) in [5.74, 6) is 0. The Labute approximate surface area is 67.6 Å². The molecular weight excluding hydrogens is 166 g/mol. The van der Waals surface area contributed by atoms with Gasteiger partial charge in [0.15, 0.2) is 0 Å². The average Bonchev–Trinajstić information content (AvgIpc) is 2.05. The lowest BCUT2D eigenvalue weighted by Gasteiger charge is -2.21. The number of rotatable bonds is 3. The van der Waals surface area contributed by atoms with Gasteiger partial charge in [-0.2, -0.15) is 4.73 Å². The van der Waals surface area contributed by atoms with E-state index in [1.807, 2.05) is 0 Å². The summed E-state index contributed by atoms with van der Waals surface area (Å²) in [4.78, 5) is 15.6. The monoisotopic (exact) mass is 179 g/mol. The van der Waals surface area contributed by atoms with E-state index in [9.17, 15) is 4.79 Å². The van der Waals surface area contributed by atoms with E-state index in [0.29, 0.717) is 0 Å². The minimum atomic E-state index is -1.74. The highest BCUT2D eigenvalue weighted by molar-refractivity contribution is 6.49. The number of nitrogens with zero attached hydrogens (tertiary/aromatic N) is 1. The molecule has 0 aromatic rings. The molecule has 0 saturated carbocycles. The molecule has 0 spiro atoms. The van der Waals surface area contributed by atoms with Crippen LogP contribution in [0, 0.1) is 0 Å². The smallest absolute Gasteiger partial charge is 0.427 e. The Hall–Kier alpha value is -0.593. The summed E-state index contributed by atoms with van der Waals surface area (Å²) in [5, 5.41) is 0. The van der Waals surface area contributed by atoms with Gasteiger partial charge in [-0.15, -0.1) is 0 Å². The van der Waals surface area contributed by atoms with Crippen molar-refractivity contribution in [2.75, 3.05) is 21.3 Å². The molecule has 0 fully saturated rings. The van der Waals surface area contributed by atoms with Crippen LogP contribution in [0.4, 0.5) is 4.79 Å². The molecule has 1 unspecified atom stereocenters. The molecule has 0 radical (unpaired) electrons. The molecule has 0 heterocycles. The number of methoxy groups -OCH3 is 1. The summed E-state index contributed by atoms with van der Waals surface area (Å²) in [7, 11) is 2.50.